The summed E-state index contributed by atoms with van der Waals surface area (Å²) in [5, 5.41) is 0. The van der Waals surface area contributed by atoms with Crippen LogP contribution in [-0.2, 0) is 0 Å². The van der Waals surface area contributed by atoms with Crippen LogP contribution in [0.2, 0.25) is 0 Å². The Bertz CT molecular complexity index is 103. The van der Waals surface area contributed by atoms with Crippen LogP contribution in [-0.4, -0.2) is 0 Å². The standard InChI is InChI=1S/C9H17/c1-7-5-6-9(3,4)8(7)2/h8H,5-6H2,1-4H3. The summed E-state index contributed by atoms with van der Waals surface area (Å²) in [7, 11) is 0. The van der Waals surface area contributed by atoms with Crippen LogP contribution in [0.25, 0.3) is 0 Å². The van der Waals surface area contributed by atoms with Gasteiger partial charge < -0.3 is 0 Å². The van der Waals surface area contributed by atoms with Gasteiger partial charge in [-0.2, -0.15) is 0 Å². The Labute approximate surface area is 58.7 Å². The molecular formula is C9H17. The van der Waals surface area contributed by atoms with Gasteiger partial charge in [0, 0.05) is 0 Å². The lowest BCUT2D eigenvalue weighted by Crippen LogP contribution is -2.16. The summed E-state index contributed by atoms with van der Waals surface area (Å²) < 4.78 is 0. The van der Waals surface area contributed by atoms with Crippen molar-refractivity contribution in [2.75, 3.05) is 0 Å². The zero-order chi connectivity index (χ0) is 7.07. The van der Waals surface area contributed by atoms with Crippen LogP contribution in [0.1, 0.15) is 40.5 Å². The largest absolute Gasteiger partial charge is 0.0615 e. The van der Waals surface area contributed by atoms with Crippen molar-refractivity contribution >= 4 is 0 Å². The second kappa shape index (κ2) is 2.00. The summed E-state index contributed by atoms with van der Waals surface area (Å²) in [6.45, 7) is 9.38. The summed E-state index contributed by atoms with van der Waals surface area (Å²) in [5.74, 6) is 2.54. The zero-order valence-corrected chi connectivity index (χ0v) is 6.99. The van der Waals surface area contributed by atoms with Crippen molar-refractivity contribution in [2.45, 2.75) is 40.5 Å². The van der Waals surface area contributed by atoms with E-state index in [1.165, 1.54) is 12.8 Å². The molecule has 1 fully saturated rings. The molecule has 9 heavy (non-hydrogen) atoms. The molecular weight excluding hydrogens is 108 g/mol. The highest BCUT2D eigenvalue weighted by Crippen LogP contribution is 2.46. The van der Waals surface area contributed by atoms with Gasteiger partial charge in [0.25, 0.3) is 0 Å². The van der Waals surface area contributed by atoms with Gasteiger partial charge in [0.05, 0.1) is 0 Å². The Morgan fingerprint density at radius 1 is 1.44 bits per heavy atom. The number of rotatable bonds is 0. The smallest absolute Gasteiger partial charge is 0.0238 e. The van der Waals surface area contributed by atoms with Gasteiger partial charge in [-0.15, -0.1) is 0 Å². The lowest BCUT2D eigenvalue weighted by Gasteiger charge is -2.24. The summed E-state index contributed by atoms with van der Waals surface area (Å²) >= 11 is 0. The molecule has 0 aromatic carbocycles. The van der Waals surface area contributed by atoms with E-state index in [1.807, 2.05) is 0 Å². The highest BCUT2D eigenvalue weighted by Gasteiger charge is 2.36. The van der Waals surface area contributed by atoms with Crippen LogP contribution in [0.3, 0.4) is 0 Å². The number of hydrogen-bond acceptors (Lipinski definition) is 0. The van der Waals surface area contributed by atoms with Crippen LogP contribution in [0.4, 0.5) is 0 Å². The van der Waals surface area contributed by atoms with Gasteiger partial charge >= 0.3 is 0 Å². The van der Waals surface area contributed by atoms with Gasteiger partial charge in [-0.25, -0.2) is 0 Å². The first-order chi connectivity index (χ1) is 4.04. The molecule has 0 aromatic rings. The molecule has 0 nitrogen and oxygen atoms in total. The maximum absolute atomic E-state index is 2.37. The molecule has 0 aliphatic heterocycles. The van der Waals surface area contributed by atoms with Crippen LogP contribution in [0.15, 0.2) is 0 Å². The molecule has 1 atom stereocenters. The van der Waals surface area contributed by atoms with E-state index >= 15 is 0 Å². The van der Waals surface area contributed by atoms with Crippen LogP contribution >= 0.6 is 0 Å². The van der Waals surface area contributed by atoms with Crippen molar-refractivity contribution in [3.8, 4) is 0 Å². The Morgan fingerprint density at radius 2 is 2.00 bits per heavy atom. The van der Waals surface area contributed by atoms with E-state index in [9.17, 15) is 0 Å². The van der Waals surface area contributed by atoms with Crippen molar-refractivity contribution in [3.05, 3.63) is 5.92 Å². The third kappa shape index (κ3) is 1.12. The maximum Gasteiger partial charge on any atom is -0.0238 e. The Hall–Kier alpha value is 0. The number of hydrogen-bond donors (Lipinski definition) is 0. The van der Waals surface area contributed by atoms with E-state index in [-0.39, 0.29) is 0 Å². The summed E-state index contributed by atoms with van der Waals surface area (Å²) in [6, 6.07) is 0. The van der Waals surface area contributed by atoms with E-state index in [0.717, 1.165) is 5.92 Å². The van der Waals surface area contributed by atoms with E-state index in [0.29, 0.717) is 5.41 Å². The average molecular weight is 125 g/mol. The molecule has 0 heteroatoms. The topological polar surface area (TPSA) is 0 Å². The monoisotopic (exact) mass is 125 g/mol. The first-order valence-electron chi connectivity index (χ1n) is 3.86. The third-order valence-corrected chi connectivity index (χ3v) is 3.08. The maximum atomic E-state index is 2.37. The Balaban J connectivity index is 2.62. The van der Waals surface area contributed by atoms with Crippen molar-refractivity contribution in [1.82, 2.24) is 0 Å². The lowest BCUT2D eigenvalue weighted by atomic mass is 9.81. The normalized spacial score (nSPS) is 35.3. The summed E-state index contributed by atoms with van der Waals surface area (Å²) in [4.78, 5) is 0. The van der Waals surface area contributed by atoms with Crippen LogP contribution < -0.4 is 0 Å². The fourth-order valence-electron chi connectivity index (χ4n) is 1.62. The van der Waals surface area contributed by atoms with E-state index in [2.05, 4.69) is 27.7 Å². The van der Waals surface area contributed by atoms with Crippen LogP contribution in [0.5, 0.6) is 0 Å². The van der Waals surface area contributed by atoms with Crippen molar-refractivity contribution in [1.29, 1.82) is 0 Å². The predicted molar refractivity (Wildman–Crippen MR) is 41.1 cm³/mol. The van der Waals surface area contributed by atoms with Gasteiger partial charge in [0.2, 0.25) is 0 Å². The molecule has 1 unspecified atom stereocenters. The molecule has 1 aliphatic rings. The Morgan fingerprint density at radius 3 is 2.11 bits per heavy atom. The van der Waals surface area contributed by atoms with Gasteiger partial charge in [0.15, 0.2) is 0 Å². The fraction of sp³-hybridized carbons (Fsp3) is 0.889. The molecule has 0 N–H and O–H groups in total. The summed E-state index contributed by atoms with van der Waals surface area (Å²) in [5.41, 5.74) is 0.587. The average Bonchev–Trinajstić information content (AvgIpc) is 1.97. The molecule has 0 heterocycles. The molecule has 0 saturated heterocycles. The van der Waals surface area contributed by atoms with Gasteiger partial charge in [-0.3, -0.25) is 0 Å². The highest BCUT2D eigenvalue weighted by molar-refractivity contribution is 5.03. The molecule has 0 aromatic heterocycles. The lowest BCUT2D eigenvalue weighted by molar-refractivity contribution is 0.290. The minimum atomic E-state index is 0.587. The van der Waals surface area contributed by atoms with Crippen molar-refractivity contribution in [2.24, 2.45) is 11.3 Å². The van der Waals surface area contributed by atoms with Crippen LogP contribution in [0, 0.1) is 17.3 Å². The zero-order valence-electron chi connectivity index (χ0n) is 6.99. The Kier molecular flexibility index (Phi) is 1.58. The minimum absolute atomic E-state index is 0.587. The second-order valence-electron chi connectivity index (χ2n) is 4.06. The van der Waals surface area contributed by atoms with Gasteiger partial charge in [-0.1, -0.05) is 27.7 Å². The molecule has 53 valence electrons. The highest BCUT2D eigenvalue weighted by atomic mass is 14.4. The first-order valence-corrected chi connectivity index (χ1v) is 3.86. The molecule has 1 aliphatic carbocycles. The SMILES string of the molecule is C[C]1CCC(C)(C)C1C. The molecule has 0 spiro atoms. The molecule has 1 rings (SSSR count). The van der Waals surface area contributed by atoms with E-state index in [1.54, 1.807) is 5.92 Å². The van der Waals surface area contributed by atoms with Gasteiger partial charge in [0.1, 0.15) is 0 Å². The molecule has 1 radical (unpaired) electrons. The van der Waals surface area contributed by atoms with Crippen molar-refractivity contribution in [3.63, 3.8) is 0 Å². The molecule has 0 amide bonds. The quantitative estimate of drug-likeness (QED) is 0.467. The molecule has 0 bridgehead atoms. The third-order valence-electron chi connectivity index (χ3n) is 3.08. The van der Waals surface area contributed by atoms with E-state index in [4.69, 9.17) is 0 Å². The van der Waals surface area contributed by atoms with E-state index < -0.39 is 0 Å². The summed E-state index contributed by atoms with van der Waals surface area (Å²) in [6.07, 6.45) is 2.74. The fourth-order valence-corrected chi connectivity index (χ4v) is 1.62. The van der Waals surface area contributed by atoms with Gasteiger partial charge in [-0.05, 0) is 30.1 Å². The first kappa shape index (κ1) is 7.11. The van der Waals surface area contributed by atoms with Crippen molar-refractivity contribution < 1.29 is 0 Å². The molecule has 1 saturated carbocycles. The second-order valence-corrected chi connectivity index (χ2v) is 4.06. The minimum Gasteiger partial charge on any atom is -0.0615 e. The predicted octanol–water partition coefficient (Wildman–Crippen LogP) is 3.04.